The van der Waals surface area contributed by atoms with Gasteiger partial charge in [-0.2, -0.15) is 0 Å². The summed E-state index contributed by atoms with van der Waals surface area (Å²) in [5, 5.41) is 0. The zero-order valence-electron chi connectivity index (χ0n) is 45.1. The second-order valence-corrected chi connectivity index (χ2v) is 39.6. The molecule has 0 aromatic heterocycles. The van der Waals surface area contributed by atoms with Gasteiger partial charge in [-0.1, -0.05) is 21.6 Å². The van der Waals surface area contributed by atoms with E-state index in [1.54, 1.807) is 0 Å². The van der Waals surface area contributed by atoms with E-state index >= 15 is 0 Å². The minimum Gasteiger partial charge on any atom is -0.373 e. The Bertz CT molecular complexity index is 934. The van der Waals surface area contributed by atoms with Crippen molar-refractivity contribution in [2.24, 2.45) is 0 Å². The first-order chi connectivity index (χ1) is 32.8. The molecule has 0 heterocycles. The summed E-state index contributed by atoms with van der Waals surface area (Å²) in [7, 11) is -18.7. The van der Waals surface area contributed by atoms with Crippen LogP contribution >= 0.6 is 41.2 Å². The molecule has 0 N–H and O–H groups in total. The molecular weight excluding hydrogens is 1070 g/mol. The number of rotatable bonds is 49. The molecule has 0 unspecified atom stereocenters. The second kappa shape index (κ2) is 37.7. The van der Waals surface area contributed by atoms with Gasteiger partial charge in [0.15, 0.2) is 8.57 Å². The van der Waals surface area contributed by atoms with Crippen LogP contribution in [0.3, 0.4) is 0 Å². The Morgan fingerprint density at radius 3 is 0.397 bits per heavy atom. The van der Waals surface area contributed by atoms with E-state index in [2.05, 4.69) is 0 Å². The monoisotopic (exact) mass is 1160 g/mol. The van der Waals surface area contributed by atoms with Crippen LogP contribution in [0, 0.1) is 0 Å². The Morgan fingerprint density at radius 2 is 0.309 bits per heavy atom. The van der Waals surface area contributed by atoms with Gasteiger partial charge >= 0.3 is 52.8 Å². The Morgan fingerprint density at radius 1 is 0.206 bits per heavy atom. The molecule has 0 saturated heterocycles. The zero-order chi connectivity index (χ0) is 51.7. The minimum atomic E-state index is -4.13. The highest BCUT2D eigenvalue weighted by molar-refractivity contribution is 9.26. The molecule has 68 heavy (non-hydrogen) atoms. The van der Waals surface area contributed by atoms with Crippen molar-refractivity contribution in [2.45, 2.75) is 133 Å². The van der Waals surface area contributed by atoms with Gasteiger partial charge in [0.05, 0.1) is 0 Å². The average molecular weight is 1160 g/mol. The van der Waals surface area contributed by atoms with E-state index in [1.807, 2.05) is 125 Å². The van der Waals surface area contributed by atoms with Crippen molar-refractivity contribution in [3.05, 3.63) is 0 Å². The van der Waals surface area contributed by atoms with Crippen LogP contribution in [-0.2, 0) is 79.7 Å². The smallest absolute Gasteiger partial charge is 0.373 e. The van der Waals surface area contributed by atoms with Gasteiger partial charge in [-0.15, -0.1) is 0 Å². The summed E-state index contributed by atoms with van der Waals surface area (Å²) in [5.41, 5.74) is 0. The minimum absolute atomic E-state index is 0.210. The van der Waals surface area contributed by atoms with Crippen molar-refractivity contribution in [1.82, 2.24) is 0 Å². The highest BCUT2D eigenvalue weighted by atomic mass is 33.7. The van der Waals surface area contributed by atoms with Gasteiger partial charge in [0, 0.05) is 130 Å². The van der Waals surface area contributed by atoms with Gasteiger partial charge in [0.2, 0.25) is 0 Å². The molecule has 0 fully saturated rings. The fraction of sp³-hybridized carbons (Fsp3) is 1.00. The van der Waals surface area contributed by atoms with Crippen LogP contribution in [-0.4, -0.2) is 183 Å². The lowest BCUT2D eigenvalue weighted by atomic mass is 10.9. The molecule has 0 radical (unpaired) electrons. The summed E-state index contributed by atoms with van der Waals surface area (Å²) in [4.78, 5) is 0. The van der Waals surface area contributed by atoms with Crippen LogP contribution in [0.5, 0.6) is 0 Å². The summed E-state index contributed by atoms with van der Waals surface area (Å²) in [6, 6.07) is 0. The lowest BCUT2D eigenvalue weighted by molar-refractivity contribution is -0.00813. The molecule has 0 amide bonds. The number of hydrogen-bond acceptors (Lipinski definition) is 22. The summed E-state index contributed by atoms with van der Waals surface area (Å²) in [5.74, 6) is 0.420. The quantitative estimate of drug-likeness (QED) is 0.0321. The molecule has 0 aromatic rings. The van der Waals surface area contributed by atoms with E-state index in [0.717, 1.165) is 0 Å². The van der Waals surface area contributed by atoms with E-state index in [-0.39, 0.29) is 130 Å². The first-order valence-electron chi connectivity index (χ1n) is 24.9. The Labute approximate surface area is 434 Å². The Hall–Kier alpha value is 1.98. The highest BCUT2D eigenvalue weighted by Gasteiger charge is 2.91. The van der Waals surface area contributed by atoms with Crippen LogP contribution < -0.4 is 0 Å². The molecule has 0 aliphatic rings. The molecule has 0 spiro atoms. The molecule has 0 atom stereocenters. The average Bonchev–Trinajstić information content (AvgIpc) is 3.29. The maximum atomic E-state index is 6.95. The predicted octanol–water partition coefficient (Wildman–Crippen LogP) is 9.59. The molecule has 0 aliphatic heterocycles. The number of hydrogen-bond donors (Lipinski definition) is 0. The third-order valence-electron chi connectivity index (χ3n) is 9.83. The second-order valence-electron chi connectivity index (χ2n) is 13.6. The highest BCUT2D eigenvalue weighted by Crippen LogP contribution is 2.64. The van der Waals surface area contributed by atoms with Crippen LogP contribution in [0.1, 0.15) is 125 Å². The van der Waals surface area contributed by atoms with Crippen molar-refractivity contribution in [3.63, 3.8) is 0 Å². The molecule has 0 bridgehead atoms. The maximum absolute atomic E-state index is 6.95. The summed E-state index contributed by atoms with van der Waals surface area (Å²) >= 11 is 0. The maximum Gasteiger partial charge on any atom is 0.517 e. The van der Waals surface area contributed by atoms with Gasteiger partial charge < -0.3 is 79.7 Å². The molecule has 0 aromatic carbocycles. The first kappa shape index (κ1) is 70.0. The van der Waals surface area contributed by atoms with Crippen molar-refractivity contribution >= 4 is 94.1 Å². The Balaban J connectivity index is 8.78. The van der Waals surface area contributed by atoms with Crippen molar-refractivity contribution in [2.75, 3.05) is 130 Å². The van der Waals surface area contributed by atoms with Crippen LogP contribution in [0.4, 0.5) is 0 Å². The third kappa shape index (κ3) is 15.8. The topological polar surface area (TPSA) is 166 Å². The van der Waals surface area contributed by atoms with Crippen LogP contribution in [0.15, 0.2) is 0 Å². The van der Waals surface area contributed by atoms with Crippen LogP contribution in [0.25, 0.3) is 0 Å². The predicted molar refractivity (Wildman–Crippen MR) is 289 cm³/mol. The summed E-state index contributed by atoms with van der Waals surface area (Å²) in [6.45, 7) is 39.1. The van der Waals surface area contributed by atoms with Gasteiger partial charge in [-0.25, -0.2) is 0 Å². The van der Waals surface area contributed by atoms with Gasteiger partial charge in [-0.3, -0.25) is 0 Å². The lowest BCUT2D eigenvalue weighted by Crippen LogP contribution is -2.82. The zero-order valence-corrected chi connectivity index (χ0v) is 54.4. The van der Waals surface area contributed by atoms with Gasteiger partial charge in [0.1, 0.15) is 0 Å². The van der Waals surface area contributed by atoms with E-state index in [1.165, 1.54) is 41.2 Å². The van der Waals surface area contributed by atoms with E-state index < -0.39 is 61.4 Å². The fourth-order valence-corrected chi connectivity index (χ4v) is 51.1. The van der Waals surface area contributed by atoms with Crippen LogP contribution in [0.2, 0.25) is 8.57 Å². The van der Waals surface area contributed by atoms with Gasteiger partial charge in [0.25, 0.3) is 0 Å². The SMILES string of the molecule is CCO[Si](OCC)(OCC)C(CSSSSCC([Si](OCC)(OCC)OCC)([Si](OCC)(OCC)OCC)[Si](OCC)(OCC)OCC)([Si](OCC)(OCC)OCC)[Si](OCC)(OCC)OCC. The first-order valence-corrected chi connectivity index (χ1v) is 40.4. The summed E-state index contributed by atoms with van der Waals surface area (Å²) in [6.07, 6.45) is 0. The lowest BCUT2D eigenvalue weighted by Gasteiger charge is -2.55. The fourth-order valence-electron chi connectivity index (χ4n) is 8.31. The molecule has 410 valence electrons. The normalized spacial score (nSPS) is 13.9. The van der Waals surface area contributed by atoms with Crippen molar-refractivity contribution in [3.8, 4) is 0 Å². The standard InChI is InChI=1S/C40H94O18S4Si6/c1-19-41-63(42-20-2,43-21-3)39(64(44-22-4,45-23-5)46-24-6,65(47-25-7,48-26-8)49-27-9)37-59-61-62-60-38-40(66(50-28-10,51-29-11)52-30-12,67(53-31-13,54-32-14)55-33-15)68(56-34-16,57-35-17)58-36-18/h19-38H2,1-18H3. The van der Waals surface area contributed by atoms with E-state index in [9.17, 15) is 0 Å². The Kier molecular flexibility index (Phi) is 38.8. The molecular formula is C40H94O18S4Si6. The third-order valence-corrected chi connectivity index (χ3v) is 48.3. The molecule has 0 aliphatic carbocycles. The van der Waals surface area contributed by atoms with E-state index in [0.29, 0.717) is 0 Å². The van der Waals surface area contributed by atoms with E-state index in [4.69, 9.17) is 79.7 Å². The largest absolute Gasteiger partial charge is 0.517 e. The van der Waals surface area contributed by atoms with Gasteiger partial charge in [-0.05, 0) is 144 Å². The molecule has 0 saturated carbocycles. The molecule has 28 heteroatoms. The molecule has 0 rings (SSSR count). The molecule has 18 nitrogen and oxygen atoms in total. The summed E-state index contributed by atoms with van der Waals surface area (Å²) < 4.78 is 122. The van der Waals surface area contributed by atoms with Crippen molar-refractivity contribution in [1.29, 1.82) is 0 Å². The van der Waals surface area contributed by atoms with Crippen molar-refractivity contribution < 1.29 is 79.7 Å².